The Morgan fingerprint density at radius 3 is 2.60 bits per heavy atom. The van der Waals surface area contributed by atoms with E-state index >= 15 is 0 Å². The minimum absolute atomic E-state index is 0.0773. The van der Waals surface area contributed by atoms with Crippen LogP contribution in [0.25, 0.3) is 0 Å². The van der Waals surface area contributed by atoms with Gasteiger partial charge in [0.15, 0.2) is 17.7 Å². The lowest BCUT2D eigenvalue weighted by Gasteiger charge is -2.11. The summed E-state index contributed by atoms with van der Waals surface area (Å²) in [6.45, 7) is 3.33. The van der Waals surface area contributed by atoms with Crippen LogP contribution in [0.3, 0.4) is 0 Å². The van der Waals surface area contributed by atoms with Gasteiger partial charge in [-0.3, -0.25) is 0 Å². The Bertz CT molecular complexity index is 385. The third kappa shape index (κ3) is 2.93. The van der Waals surface area contributed by atoms with E-state index in [1.807, 2.05) is 6.07 Å². The molecule has 0 bridgehead atoms. The molecule has 4 heteroatoms. The minimum Gasteiger partial charge on any atom is -0.473 e. The first-order valence-corrected chi connectivity index (χ1v) is 4.66. The first-order valence-electron chi connectivity index (χ1n) is 4.66. The van der Waals surface area contributed by atoms with Crippen LogP contribution in [0.5, 0.6) is 5.75 Å². The molecule has 0 radical (unpaired) electrons. The van der Waals surface area contributed by atoms with Crippen molar-refractivity contribution in [3.8, 4) is 11.8 Å². The molecule has 0 amide bonds. The van der Waals surface area contributed by atoms with E-state index in [0.29, 0.717) is 5.56 Å². The van der Waals surface area contributed by atoms with Gasteiger partial charge >= 0.3 is 0 Å². The first kappa shape index (κ1) is 11.5. The Morgan fingerprint density at radius 1 is 1.47 bits per heavy atom. The van der Waals surface area contributed by atoms with Crippen molar-refractivity contribution in [2.24, 2.45) is 5.73 Å². The summed E-state index contributed by atoms with van der Waals surface area (Å²) in [5, 5.41) is 8.51. The molecule has 0 aliphatic carbocycles. The van der Waals surface area contributed by atoms with E-state index in [-0.39, 0.29) is 11.8 Å². The van der Waals surface area contributed by atoms with E-state index < -0.39 is 11.9 Å². The molecule has 1 rings (SSSR count). The lowest BCUT2D eigenvalue weighted by molar-refractivity contribution is 0.263. The molecule has 0 saturated carbocycles. The number of nitrogens with zero attached hydrogens (tertiary/aromatic N) is 1. The fraction of sp³-hybridized carbons (Fsp3) is 0.364. The molecule has 0 heterocycles. The lowest BCUT2D eigenvalue weighted by Crippen LogP contribution is -2.10. The third-order valence-corrected chi connectivity index (χ3v) is 1.97. The molecule has 0 aliphatic rings. The van der Waals surface area contributed by atoms with E-state index in [4.69, 9.17) is 15.7 Å². The number of benzene rings is 1. The maximum Gasteiger partial charge on any atom is 0.181 e. The minimum atomic E-state index is -0.666. The van der Waals surface area contributed by atoms with E-state index in [1.54, 1.807) is 19.9 Å². The average Bonchev–Trinajstić information content (AvgIpc) is 2.20. The maximum atomic E-state index is 13.4. The highest BCUT2D eigenvalue weighted by Crippen LogP contribution is 2.21. The summed E-state index contributed by atoms with van der Waals surface area (Å²) >= 11 is 0. The molecule has 1 unspecified atom stereocenters. The standard InChI is InChI=1S/C11H13FN2O/c1-7(6-13)15-11-4-3-9(8(2)14)5-10(11)12/h3-5,7-8H,14H2,1-2H3/t7?,8-/m1/s1. The van der Waals surface area contributed by atoms with Gasteiger partial charge in [0.05, 0.1) is 0 Å². The van der Waals surface area contributed by atoms with Gasteiger partial charge in [0.1, 0.15) is 6.07 Å². The predicted molar refractivity (Wildman–Crippen MR) is 54.7 cm³/mol. The number of hydrogen-bond acceptors (Lipinski definition) is 3. The van der Waals surface area contributed by atoms with Crippen molar-refractivity contribution in [1.29, 1.82) is 5.26 Å². The van der Waals surface area contributed by atoms with Crippen LogP contribution in [0.1, 0.15) is 25.5 Å². The molecular formula is C11H13FN2O. The maximum absolute atomic E-state index is 13.4. The summed E-state index contributed by atoms with van der Waals surface area (Å²) in [6, 6.07) is 6.14. The number of halogens is 1. The second-order valence-electron chi connectivity index (χ2n) is 3.37. The van der Waals surface area contributed by atoms with E-state index in [9.17, 15) is 4.39 Å². The molecule has 80 valence electrons. The van der Waals surface area contributed by atoms with E-state index in [1.165, 1.54) is 12.1 Å². The number of rotatable bonds is 3. The molecule has 1 aromatic carbocycles. The van der Waals surface area contributed by atoms with Crippen LogP contribution in [-0.2, 0) is 0 Å². The number of ether oxygens (including phenoxy) is 1. The summed E-state index contributed by atoms with van der Waals surface area (Å²) in [4.78, 5) is 0. The fourth-order valence-corrected chi connectivity index (χ4v) is 1.11. The van der Waals surface area contributed by atoms with Crippen molar-refractivity contribution in [3.05, 3.63) is 29.6 Å². The molecule has 1 aromatic rings. The molecule has 0 fully saturated rings. The van der Waals surface area contributed by atoms with Crippen LogP contribution in [0.4, 0.5) is 4.39 Å². The summed E-state index contributed by atoms with van der Waals surface area (Å²) in [7, 11) is 0. The Labute approximate surface area is 88.3 Å². The van der Waals surface area contributed by atoms with Gasteiger partial charge in [0.2, 0.25) is 0 Å². The highest BCUT2D eigenvalue weighted by atomic mass is 19.1. The van der Waals surface area contributed by atoms with Crippen molar-refractivity contribution in [1.82, 2.24) is 0 Å². The zero-order valence-corrected chi connectivity index (χ0v) is 8.70. The van der Waals surface area contributed by atoms with Gasteiger partial charge in [0.25, 0.3) is 0 Å². The smallest absolute Gasteiger partial charge is 0.181 e. The molecule has 0 saturated heterocycles. The van der Waals surface area contributed by atoms with Crippen LogP contribution in [-0.4, -0.2) is 6.10 Å². The van der Waals surface area contributed by atoms with Crippen LogP contribution >= 0.6 is 0 Å². The van der Waals surface area contributed by atoms with Crippen LogP contribution in [0, 0.1) is 17.1 Å². The fourth-order valence-electron chi connectivity index (χ4n) is 1.11. The quantitative estimate of drug-likeness (QED) is 0.827. The van der Waals surface area contributed by atoms with Gasteiger partial charge in [-0.2, -0.15) is 5.26 Å². The Kier molecular flexibility index (Phi) is 3.64. The largest absolute Gasteiger partial charge is 0.473 e. The summed E-state index contributed by atoms with van der Waals surface area (Å²) in [5.74, 6) is -0.416. The van der Waals surface area contributed by atoms with Gasteiger partial charge in [-0.1, -0.05) is 6.07 Å². The van der Waals surface area contributed by atoms with Crippen LogP contribution in [0.2, 0.25) is 0 Å². The highest BCUT2D eigenvalue weighted by molar-refractivity contribution is 5.31. The Balaban J connectivity index is 2.89. The number of nitrogens with two attached hydrogens (primary N) is 1. The van der Waals surface area contributed by atoms with Crippen molar-refractivity contribution in [2.75, 3.05) is 0 Å². The summed E-state index contributed by atoms with van der Waals surface area (Å²) < 4.78 is 18.5. The van der Waals surface area contributed by atoms with Gasteiger partial charge in [-0.05, 0) is 31.5 Å². The zero-order valence-electron chi connectivity index (χ0n) is 8.70. The zero-order chi connectivity index (χ0) is 11.4. The van der Waals surface area contributed by atoms with Gasteiger partial charge in [0, 0.05) is 6.04 Å². The first-order chi connectivity index (χ1) is 7.04. The van der Waals surface area contributed by atoms with E-state index in [0.717, 1.165) is 0 Å². The van der Waals surface area contributed by atoms with Crippen LogP contribution in [0.15, 0.2) is 18.2 Å². The molecule has 0 aliphatic heterocycles. The van der Waals surface area contributed by atoms with Crippen molar-refractivity contribution in [2.45, 2.75) is 26.0 Å². The Hall–Kier alpha value is -1.60. The highest BCUT2D eigenvalue weighted by Gasteiger charge is 2.09. The van der Waals surface area contributed by atoms with Gasteiger partial charge in [-0.15, -0.1) is 0 Å². The molecular weight excluding hydrogens is 195 g/mol. The second kappa shape index (κ2) is 4.76. The van der Waals surface area contributed by atoms with E-state index in [2.05, 4.69) is 0 Å². The number of nitriles is 1. The lowest BCUT2D eigenvalue weighted by atomic mass is 10.1. The molecule has 3 nitrogen and oxygen atoms in total. The molecule has 2 atom stereocenters. The second-order valence-corrected chi connectivity index (χ2v) is 3.37. The van der Waals surface area contributed by atoms with Crippen molar-refractivity contribution >= 4 is 0 Å². The SMILES string of the molecule is CC(C#N)Oc1ccc([C@@H](C)N)cc1F. The normalized spacial score (nSPS) is 14.1. The molecule has 15 heavy (non-hydrogen) atoms. The van der Waals surface area contributed by atoms with Crippen molar-refractivity contribution in [3.63, 3.8) is 0 Å². The average molecular weight is 208 g/mol. The summed E-state index contributed by atoms with van der Waals surface area (Å²) in [5.41, 5.74) is 6.30. The van der Waals surface area contributed by atoms with Crippen molar-refractivity contribution < 1.29 is 9.13 Å². The monoisotopic (exact) mass is 208 g/mol. The molecule has 0 spiro atoms. The molecule has 0 aromatic heterocycles. The van der Waals surface area contributed by atoms with Gasteiger partial charge in [-0.25, -0.2) is 4.39 Å². The topological polar surface area (TPSA) is 59.0 Å². The molecule has 2 N–H and O–H groups in total. The summed E-state index contributed by atoms with van der Waals surface area (Å²) in [6.07, 6.45) is -0.666. The van der Waals surface area contributed by atoms with Gasteiger partial charge < -0.3 is 10.5 Å². The Morgan fingerprint density at radius 2 is 2.13 bits per heavy atom. The third-order valence-electron chi connectivity index (χ3n) is 1.97. The predicted octanol–water partition coefficient (Wildman–Crippen LogP) is 2.14. The number of hydrogen-bond donors (Lipinski definition) is 1. The van der Waals surface area contributed by atoms with Crippen LogP contribution < -0.4 is 10.5 Å².